The Hall–Kier alpha value is -1.57. The number of rotatable bonds is 3. The Morgan fingerprint density at radius 2 is 2.21 bits per heavy atom. The van der Waals surface area contributed by atoms with E-state index in [1.54, 1.807) is 13.0 Å². The molecule has 0 amide bonds. The van der Waals surface area contributed by atoms with Gasteiger partial charge in [0.05, 0.1) is 5.69 Å². The SMILES string of the molecule is C=Cc1cc(C(C)=O)n(C)c1/C=C\C. The molecule has 0 aliphatic rings. The molecule has 0 aromatic carbocycles. The summed E-state index contributed by atoms with van der Waals surface area (Å²) < 4.78 is 1.89. The van der Waals surface area contributed by atoms with Gasteiger partial charge in [0.15, 0.2) is 5.78 Å². The van der Waals surface area contributed by atoms with Crippen molar-refractivity contribution in [2.24, 2.45) is 7.05 Å². The number of aromatic nitrogens is 1. The minimum Gasteiger partial charge on any atom is -0.341 e. The van der Waals surface area contributed by atoms with Crippen LogP contribution in [0.4, 0.5) is 0 Å². The fourth-order valence-corrected chi connectivity index (χ4v) is 1.51. The van der Waals surface area contributed by atoms with E-state index in [4.69, 9.17) is 0 Å². The van der Waals surface area contributed by atoms with Gasteiger partial charge in [-0.15, -0.1) is 0 Å². The monoisotopic (exact) mass is 189 g/mol. The quantitative estimate of drug-likeness (QED) is 0.670. The second-order valence-corrected chi connectivity index (χ2v) is 3.19. The van der Waals surface area contributed by atoms with Crippen LogP contribution < -0.4 is 0 Å². The number of hydrogen-bond donors (Lipinski definition) is 0. The molecule has 1 heterocycles. The molecule has 14 heavy (non-hydrogen) atoms. The summed E-state index contributed by atoms with van der Waals surface area (Å²) in [7, 11) is 1.89. The highest BCUT2D eigenvalue weighted by Gasteiger charge is 2.10. The molecule has 0 saturated carbocycles. The van der Waals surface area contributed by atoms with Crippen LogP contribution in [0, 0.1) is 0 Å². The van der Waals surface area contributed by atoms with Crippen molar-refractivity contribution in [3.63, 3.8) is 0 Å². The fourth-order valence-electron chi connectivity index (χ4n) is 1.51. The second kappa shape index (κ2) is 4.09. The van der Waals surface area contributed by atoms with E-state index in [2.05, 4.69) is 6.58 Å². The normalized spacial score (nSPS) is 10.8. The topological polar surface area (TPSA) is 22.0 Å². The van der Waals surface area contributed by atoms with Gasteiger partial charge in [0.2, 0.25) is 0 Å². The highest BCUT2D eigenvalue weighted by atomic mass is 16.1. The van der Waals surface area contributed by atoms with Gasteiger partial charge in [-0.3, -0.25) is 4.79 Å². The fraction of sp³-hybridized carbons (Fsp3) is 0.250. The summed E-state index contributed by atoms with van der Waals surface area (Å²) in [6.07, 6.45) is 5.69. The lowest BCUT2D eigenvalue weighted by molar-refractivity contribution is 0.101. The molecule has 0 atom stereocenters. The van der Waals surface area contributed by atoms with Gasteiger partial charge in [0.1, 0.15) is 0 Å². The van der Waals surface area contributed by atoms with Gasteiger partial charge in [-0.05, 0) is 24.6 Å². The zero-order chi connectivity index (χ0) is 10.7. The number of carbonyl (C=O) groups excluding carboxylic acids is 1. The summed E-state index contributed by atoms with van der Waals surface area (Å²) in [5.41, 5.74) is 2.73. The van der Waals surface area contributed by atoms with Gasteiger partial charge in [-0.25, -0.2) is 0 Å². The van der Waals surface area contributed by atoms with E-state index in [0.29, 0.717) is 5.69 Å². The van der Waals surface area contributed by atoms with Crippen LogP contribution in [0.15, 0.2) is 18.7 Å². The lowest BCUT2D eigenvalue weighted by Crippen LogP contribution is -2.02. The molecule has 74 valence electrons. The van der Waals surface area contributed by atoms with E-state index in [1.165, 1.54) is 0 Å². The van der Waals surface area contributed by atoms with Gasteiger partial charge in [0, 0.05) is 19.7 Å². The molecule has 1 rings (SSSR count). The first-order chi connectivity index (χ1) is 6.61. The third-order valence-electron chi connectivity index (χ3n) is 2.22. The summed E-state index contributed by atoms with van der Waals surface area (Å²) in [6, 6.07) is 1.87. The molecule has 0 bridgehead atoms. The zero-order valence-corrected chi connectivity index (χ0v) is 8.87. The maximum atomic E-state index is 11.3. The molecule has 0 aliphatic heterocycles. The van der Waals surface area contributed by atoms with Crippen LogP contribution in [0.3, 0.4) is 0 Å². The van der Waals surface area contributed by atoms with E-state index >= 15 is 0 Å². The van der Waals surface area contributed by atoms with E-state index in [-0.39, 0.29) is 5.78 Å². The molecule has 2 nitrogen and oxygen atoms in total. The molecule has 0 spiro atoms. The first-order valence-corrected chi connectivity index (χ1v) is 4.57. The summed E-state index contributed by atoms with van der Waals surface area (Å²) >= 11 is 0. The van der Waals surface area contributed by atoms with E-state index in [1.807, 2.05) is 36.8 Å². The first kappa shape index (κ1) is 10.5. The van der Waals surface area contributed by atoms with Crippen LogP contribution in [-0.4, -0.2) is 10.4 Å². The van der Waals surface area contributed by atoms with Gasteiger partial charge in [-0.2, -0.15) is 0 Å². The maximum absolute atomic E-state index is 11.3. The van der Waals surface area contributed by atoms with Crippen molar-refractivity contribution in [1.29, 1.82) is 0 Å². The number of Topliss-reactive ketones (excluding diaryl/α,β-unsaturated/α-hetero) is 1. The lowest BCUT2D eigenvalue weighted by atomic mass is 10.2. The Morgan fingerprint density at radius 1 is 1.57 bits per heavy atom. The molecule has 1 aromatic rings. The van der Waals surface area contributed by atoms with Crippen molar-refractivity contribution in [3.05, 3.63) is 35.7 Å². The molecule has 1 aromatic heterocycles. The molecule has 0 N–H and O–H groups in total. The number of ketones is 1. The highest BCUT2D eigenvalue weighted by molar-refractivity contribution is 5.94. The Balaban J connectivity index is 3.39. The van der Waals surface area contributed by atoms with Crippen molar-refractivity contribution >= 4 is 17.9 Å². The van der Waals surface area contributed by atoms with Crippen LogP contribution in [0.25, 0.3) is 12.2 Å². The van der Waals surface area contributed by atoms with Crippen molar-refractivity contribution in [3.8, 4) is 0 Å². The summed E-state index contributed by atoms with van der Waals surface area (Å²) in [4.78, 5) is 11.3. The van der Waals surface area contributed by atoms with E-state index in [9.17, 15) is 4.79 Å². The number of nitrogens with zero attached hydrogens (tertiary/aromatic N) is 1. The molecule has 2 heteroatoms. The summed E-state index contributed by atoms with van der Waals surface area (Å²) in [6.45, 7) is 7.25. The van der Waals surface area contributed by atoms with E-state index in [0.717, 1.165) is 11.3 Å². The molecule has 0 fully saturated rings. The van der Waals surface area contributed by atoms with Crippen molar-refractivity contribution in [2.75, 3.05) is 0 Å². The first-order valence-electron chi connectivity index (χ1n) is 4.57. The number of carbonyl (C=O) groups is 1. The van der Waals surface area contributed by atoms with Crippen LogP contribution in [0.1, 0.15) is 35.6 Å². The maximum Gasteiger partial charge on any atom is 0.176 e. The third-order valence-corrected chi connectivity index (χ3v) is 2.22. The lowest BCUT2D eigenvalue weighted by Gasteiger charge is -2.01. The minimum absolute atomic E-state index is 0.0753. The van der Waals surface area contributed by atoms with Crippen LogP contribution in [0.5, 0.6) is 0 Å². The molecular formula is C12H15NO. The smallest absolute Gasteiger partial charge is 0.176 e. The van der Waals surface area contributed by atoms with Crippen LogP contribution in [-0.2, 0) is 7.05 Å². The van der Waals surface area contributed by atoms with Gasteiger partial charge in [-0.1, -0.05) is 18.7 Å². The third kappa shape index (κ3) is 1.69. The predicted molar refractivity (Wildman–Crippen MR) is 60.2 cm³/mol. The zero-order valence-electron chi connectivity index (χ0n) is 8.87. The Kier molecular flexibility index (Phi) is 3.07. The standard InChI is InChI=1S/C12H15NO/c1-5-7-11-10(6-2)8-12(9(3)14)13(11)4/h5-8H,2H2,1,3-4H3/b7-5-. The Morgan fingerprint density at radius 3 is 2.64 bits per heavy atom. The number of hydrogen-bond acceptors (Lipinski definition) is 1. The Labute approximate surface area is 84.6 Å². The van der Waals surface area contributed by atoms with Gasteiger partial charge in [0.25, 0.3) is 0 Å². The van der Waals surface area contributed by atoms with Gasteiger partial charge >= 0.3 is 0 Å². The Bertz CT molecular complexity index is 397. The van der Waals surface area contributed by atoms with Crippen molar-refractivity contribution in [1.82, 2.24) is 4.57 Å². The summed E-state index contributed by atoms with van der Waals surface area (Å²) in [5.74, 6) is 0.0753. The summed E-state index contributed by atoms with van der Waals surface area (Å²) in [5, 5.41) is 0. The van der Waals surface area contributed by atoms with Crippen LogP contribution >= 0.6 is 0 Å². The molecule has 0 saturated heterocycles. The molecule has 0 radical (unpaired) electrons. The van der Waals surface area contributed by atoms with Crippen molar-refractivity contribution in [2.45, 2.75) is 13.8 Å². The molecule has 0 aliphatic carbocycles. The minimum atomic E-state index is 0.0753. The van der Waals surface area contributed by atoms with Crippen LogP contribution in [0.2, 0.25) is 0 Å². The second-order valence-electron chi connectivity index (χ2n) is 3.19. The average molecular weight is 189 g/mol. The number of allylic oxidation sites excluding steroid dienone is 1. The highest BCUT2D eigenvalue weighted by Crippen LogP contribution is 2.18. The van der Waals surface area contributed by atoms with Crippen molar-refractivity contribution < 1.29 is 4.79 Å². The average Bonchev–Trinajstić information content (AvgIpc) is 2.45. The largest absolute Gasteiger partial charge is 0.341 e. The van der Waals surface area contributed by atoms with Gasteiger partial charge < -0.3 is 4.57 Å². The molecule has 0 unspecified atom stereocenters. The molecular weight excluding hydrogens is 174 g/mol. The van der Waals surface area contributed by atoms with E-state index < -0.39 is 0 Å². The predicted octanol–water partition coefficient (Wildman–Crippen LogP) is 2.90.